The number of rotatable bonds is 2. The van der Waals surface area contributed by atoms with E-state index in [4.69, 9.17) is 0 Å². The minimum atomic E-state index is -1.07. The van der Waals surface area contributed by atoms with Crippen LogP contribution in [0.3, 0.4) is 0 Å². The minimum Gasteiger partial charge on any atom is -0.0689 e. The first-order valence-electron chi connectivity index (χ1n) is 9.82. The molecule has 3 fully saturated rings. The Balaban J connectivity index is 1.84. The Morgan fingerprint density at radius 3 is 1.86 bits per heavy atom. The largest absolute Gasteiger partial charge is 0.0689 e. The van der Waals surface area contributed by atoms with Gasteiger partial charge in [-0.05, 0) is 47.1 Å². The summed E-state index contributed by atoms with van der Waals surface area (Å²) in [6, 6.07) is 0. The van der Waals surface area contributed by atoms with Gasteiger partial charge < -0.3 is 0 Å². The Labute approximate surface area is 134 Å². The van der Waals surface area contributed by atoms with Crippen molar-refractivity contribution in [1.29, 1.82) is 0 Å². The van der Waals surface area contributed by atoms with Gasteiger partial charge in [-0.2, -0.15) is 0 Å². The summed E-state index contributed by atoms with van der Waals surface area (Å²) in [6.07, 6.45) is 14.0. The lowest BCUT2D eigenvalue weighted by Gasteiger charge is -2.41. The highest BCUT2D eigenvalue weighted by Crippen LogP contribution is 2.62. The molecule has 0 radical (unpaired) electrons. The Kier molecular flexibility index (Phi) is 4.36. The number of hydrogen-bond acceptors (Lipinski definition) is 0. The fourth-order valence-corrected chi connectivity index (χ4v) is 11.5. The molecule has 0 bridgehead atoms. The molecule has 0 saturated heterocycles. The van der Waals surface area contributed by atoms with Crippen molar-refractivity contribution in [2.45, 2.75) is 103 Å². The van der Waals surface area contributed by atoms with E-state index in [1.807, 2.05) is 0 Å². The molecule has 0 aliphatic heterocycles. The van der Waals surface area contributed by atoms with Crippen LogP contribution in [0.1, 0.15) is 78.6 Å². The smallest absolute Gasteiger partial charge is 0.0538 e. The summed E-state index contributed by atoms with van der Waals surface area (Å²) in [6.45, 7) is 13.1. The van der Waals surface area contributed by atoms with Gasteiger partial charge in [0.2, 0.25) is 0 Å². The van der Waals surface area contributed by atoms with Crippen molar-refractivity contribution in [3.05, 3.63) is 0 Å². The van der Waals surface area contributed by atoms with Gasteiger partial charge in [-0.15, -0.1) is 0 Å². The third kappa shape index (κ3) is 2.89. The van der Waals surface area contributed by atoms with E-state index in [0.29, 0.717) is 5.41 Å². The first-order valence-corrected chi connectivity index (χ1v) is 13.0. The third-order valence-corrected chi connectivity index (χ3v) is 13.1. The van der Waals surface area contributed by atoms with E-state index < -0.39 is 8.07 Å². The molecule has 4 atom stereocenters. The van der Waals surface area contributed by atoms with Crippen LogP contribution in [0.5, 0.6) is 0 Å². The first kappa shape index (κ1) is 16.1. The van der Waals surface area contributed by atoms with Gasteiger partial charge in [0.25, 0.3) is 0 Å². The zero-order valence-electron chi connectivity index (χ0n) is 15.3. The molecule has 3 rings (SSSR count). The fourth-order valence-electron chi connectivity index (χ4n) is 6.63. The summed E-state index contributed by atoms with van der Waals surface area (Å²) < 4.78 is 0. The van der Waals surface area contributed by atoms with Crippen molar-refractivity contribution < 1.29 is 0 Å². The van der Waals surface area contributed by atoms with Crippen LogP contribution in [0.4, 0.5) is 0 Å². The van der Waals surface area contributed by atoms with Crippen molar-refractivity contribution in [1.82, 2.24) is 0 Å². The van der Waals surface area contributed by atoms with Crippen LogP contribution in [-0.4, -0.2) is 8.07 Å². The quantitative estimate of drug-likeness (QED) is 0.488. The average Bonchev–Trinajstić information content (AvgIpc) is 3.06. The summed E-state index contributed by atoms with van der Waals surface area (Å²) >= 11 is 0. The van der Waals surface area contributed by atoms with Gasteiger partial charge in [-0.3, -0.25) is 0 Å². The molecule has 3 aliphatic carbocycles. The van der Waals surface area contributed by atoms with Crippen molar-refractivity contribution in [2.24, 2.45) is 23.2 Å². The van der Waals surface area contributed by atoms with Gasteiger partial charge >= 0.3 is 0 Å². The van der Waals surface area contributed by atoms with E-state index >= 15 is 0 Å². The summed E-state index contributed by atoms with van der Waals surface area (Å²) in [5.41, 5.74) is 2.84. The Bertz CT molecular complexity index is 359. The minimum absolute atomic E-state index is 0.537. The van der Waals surface area contributed by atoms with Crippen molar-refractivity contribution in [2.75, 3.05) is 0 Å². The molecule has 21 heavy (non-hydrogen) atoms. The molecule has 0 heterocycles. The number of hydrogen-bond donors (Lipinski definition) is 0. The molecule has 0 aromatic heterocycles. The van der Waals surface area contributed by atoms with Crippen LogP contribution in [0.15, 0.2) is 0 Å². The lowest BCUT2D eigenvalue weighted by Crippen LogP contribution is -2.40. The highest BCUT2D eigenvalue weighted by atomic mass is 28.3. The van der Waals surface area contributed by atoms with Crippen LogP contribution in [0, 0.1) is 23.2 Å². The van der Waals surface area contributed by atoms with Gasteiger partial charge in [-0.25, -0.2) is 0 Å². The molecule has 1 heteroatoms. The Morgan fingerprint density at radius 1 is 0.762 bits per heavy atom. The molecule has 0 aromatic rings. The molecule has 0 aromatic carbocycles. The van der Waals surface area contributed by atoms with Crippen LogP contribution in [0.25, 0.3) is 0 Å². The highest BCUT2D eigenvalue weighted by Gasteiger charge is 2.54. The van der Waals surface area contributed by atoms with Gasteiger partial charge in [0.1, 0.15) is 0 Å². The second-order valence-corrected chi connectivity index (χ2v) is 15.4. The van der Waals surface area contributed by atoms with Crippen LogP contribution < -0.4 is 0 Å². The highest BCUT2D eigenvalue weighted by molar-refractivity contribution is 6.80. The topological polar surface area (TPSA) is 0 Å². The molecule has 0 N–H and O–H groups in total. The third-order valence-electron chi connectivity index (χ3n) is 7.89. The van der Waals surface area contributed by atoms with E-state index in [2.05, 4.69) is 33.9 Å². The Morgan fingerprint density at radius 2 is 1.29 bits per heavy atom. The van der Waals surface area contributed by atoms with E-state index in [1.165, 1.54) is 25.7 Å². The van der Waals surface area contributed by atoms with E-state index in [0.717, 1.165) is 28.8 Å². The van der Waals surface area contributed by atoms with Crippen LogP contribution >= 0.6 is 0 Å². The van der Waals surface area contributed by atoms with Gasteiger partial charge in [-0.1, -0.05) is 78.8 Å². The van der Waals surface area contributed by atoms with Crippen molar-refractivity contribution >= 4 is 8.07 Å². The van der Waals surface area contributed by atoms with E-state index in [9.17, 15) is 0 Å². The Hall–Kier alpha value is 0.217. The number of fused-ring (bicyclic) bond motifs is 1. The zero-order chi connectivity index (χ0) is 15.3. The van der Waals surface area contributed by atoms with Crippen LogP contribution in [0.2, 0.25) is 24.2 Å². The maximum Gasteiger partial charge on any atom is 0.0538 e. The molecule has 3 saturated carbocycles. The van der Waals surface area contributed by atoms with Crippen molar-refractivity contribution in [3.63, 3.8) is 0 Å². The van der Waals surface area contributed by atoms with E-state index in [1.54, 1.807) is 32.1 Å². The van der Waals surface area contributed by atoms with Gasteiger partial charge in [0.15, 0.2) is 0 Å². The molecule has 122 valence electrons. The molecule has 0 nitrogen and oxygen atoms in total. The fraction of sp³-hybridized carbons (Fsp3) is 1.00. The zero-order valence-corrected chi connectivity index (χ0v) is 16.3. The molecular weight excluding hydrogens is 268 g/mol. The second-order valence-electron chi connectivity index (χ2n) is 10.2. The molecule has 3 aliphatic rings. The summed E-state index contributed by atoms with van der Waals surface area (Å²) in [5.74, 6) is 3.21. The normalized spacial score (nSPS) is 38.7. The lowest BCUT2D eigenvalue weighted by atomic mass is 9.69. The maximum atomic E-state index is 2.78. The SMILES string of the molecule is CC(C)(C)C1CC([Si](C)(C)C2CCCC2)C2CCCCC21. The summed E-state index contributed by atoms with van der Waals surface area (Å²) in [5, 5.41) is 0. The molecule has 0 spiro atoms. The van der Waals surface area contributed by atoms with E-state index in [-0.39, 0.29) is 0 Å². The summed E-state index contributed by atoms with van der Waals surface area (Å²) in [7, 11) is -1.07. The average molecular weight is 307 g/mol. The van der Waals surface area contributed by atoms with Crippen molar-refractivity contribution in [3.8, 4) is 0 Å². The predicted molar refractivity (Wildman–Crippen MR) is 96.5 cm³/mol. The predicted octanol–water partition coefficient (Wildman–Crippen LogP) is 6.88. The monoisotopic (exact) mass is 306 g/mol. The first-order chi connectivity index (χ1) is 9.82. The second kappa shape index (κ2) is 5.69. The molecule has 0 amide bonds. The molecule has 4 unspecified atom stereocenters. The summed E-state index contributed by atoms with van der Waals surface area (Å²) in [4.78, 5) is 0. The standard InChI is InChI=1S/C20H38Si/c1-20(2,3)18-14-19(17-13-9-8-12-16(17)18)21(4,5)15-10-6-7-11-15/h15-19H,6-14H2,1-5H3. The maximum absolute atomic E-state index is 2.78. The van der Waals surface area contributed by atoms with Gasteiger partial charge in [0.05, 0.1) is 8.07 Å². The molecular formula is C20H38Si. The van der Waals surface area contributed by atoms with Gasteiger partial charge in [0, 0.05) is 0 Å². The van der Waals surface area contributed by atoms with Crippen LogP contribution in [-0.2, 0) is 0 Å². The lowest BCUT2D eigenvalue weighted by molar-refractivity contribution is 0.133.